The topological polar surface area (TPSA) is 27.7 Å². The molecular formula is C32H32Cl2O3. The van der Waals surface area contributed by atoms with Crippen molar-refractivity contribution in [3.8, 4) is 33.8 Å². The van der Waals surface area contributed by atoms with Gasteiger partial charge in [-0.1, -0.05) is 35.3 Å². The van der Waals surface area contributed by atoms with Crippen LogP contribution in [0.5, 0.6) is 11.5 Å². The van der Waals surface area contributed by atoms with Crippen LogP contribution in [0.4, 0.5) is 0 Å². The third kappa shape index (κ3) is 5.96. The first-order valence-corrected chi connectivity index (χ1v) is 12.9. The van der Waals surface area contributed by atoms with E-state index in [4.69, 9.17) is 37.4 Å². The smallest absolute Gasteiger partial charge is 0.119 e. The van der Waals surface area contributed by atoms with Gasteiger partial charge in [0.25, 0.3) is 0 Å². The molecule has 0 unspecified atom stereocenters. The van der Waals surface area contributed by atoms with Crippen LogP contribution in [0.15, 0.2) is 60.7 Å². The van der Waals surface area contributed by atoms with Gasteiger partial charge in [-0.05, 0) is 132 Å². The molecule has 0 fully saturated rings. The Balaban J connectivity index is 1.64. The molecule has 4 aromatic carbocycles. The predicted octanol–water partition coefficient (Wildman–Crippen LogP) is 9.30. The van der Waals surface area contributed by atoms with Crippen molar-refractivity contribution in [3.63, 3.8) is 0 Å². The lowest BCUT2D eigenvalue weighted by molar-refractivity contribution is 0.107. The summed E-state index contributed by atoms with van der Waals surface area (Å²) in [6.07, 6.45) is 0. The van der Waals surface area contributed by atoms with Crippen LogP contribution in [0, 0.1) is 27.7 Å². The zero-order chi connectivity index (χ0) is 26.7. The van der Waals surface area contributed by atoms with Gasteiger partial charge in [0.05, 0.1) is 27.4 Å². The molecule has 0 radical (unpaired) electrons. The molecule has 0 saturated carbocycles. The number of halogens is 2. The summed E-state index contributed by atoms with van der Waals surface area (Å²) in [7, 11) is 3.36. The average molecular weight is 536 g/mol. The molecule has 0 aliphatic heterocycles. The van der Waals surface area contributed by atoms with Gasteiger partial charge < -0.3 is 14.2 Å². The van der Waals surface area contributed by atoms with Crippen molar-refractivity contribution in [1.29, 1.82) is 0 Å². The first kappa shape index (κ1) is 27.1. The zero-order valence-electron chi connectivity index (χ0n) is 22.2. The number of rotatable bonds is 8. The Bertz CT molecular complexity index is 1290. The number of hydrogen-bond acceptors (Lipinski definition) is 3. The van der Waals surface area contributed by atoms with Crippen LogP contribution in [0.2, 0.25) is 10.0 Å². The molecule has 0 amide bonds. The quantitative estimate of drug-likeness (QED) is 0.225. The summed E-state index contributed by atoms with van der Waals surface area (Å²) >= 11 is 12.9. The molecule has 0 atom stereocenters. The average Bonchev–Trinajstić information content (AvgIpc) is 2.90. The van der Waals surface area contributed by atoms with Crippen LogP contribution in [-0.2, 0) is 18.0 Å². The highest BCUT2D eigenvalue weighted by molar-refractivity contribution is 6.32. The lowest BCUT2D eigenvalue weighted by Gasteiger charge is -2.16. The highest BCUT2D eigenvalue weighted by Crippen LogP contribution is 2.35. The van der Waals surface area contributed by atoms with Crippen molar-refractivity contribution in [2.24, 2.45) is 0 Å². The molecule has 0 bridgehead atoms. The maximum absolute atomic E-state index is 6.44. The molecule has 192 valence electrons. The standard InChI is InChI=1S/C32H32Cl2O3/c1-19-11-25(12-20(2)31(19)33)29-15-27(35-5)9-7-23(29)17-37-18-24-8-10-28(36-6)16-30(24)26-13-21(3)32(34)22(4)14-26/h7-16H,17-18H2,1-6H3. The van der Waals surface area contributed by atoms with Crippen LogP contribution in [0.25, 0.3) is 22.3 Å². The molecule has 0 spiro atoms. The molecule has 0 N–H and O–H groups in total. The van der Waals surface area contributed by atoms with Gasteiger partial charge in [-0.2, -0.15) is 0 Å². The number of ether oxygens (including phenoxy) is 3. The van der Waals surface area contributed by atoms with E-state index < -0.39 is 0 Å². The SMILES string of the molecule is COc1ccc(COCc2ccc(OC)cc2-c2cc(C)c(Cl)c(C)c2)c(-c2cc(C)c(Cl)c(C)c2)c1. The van der Waals surface area contributed by atoms with Crippen LogP contribution in [0.3, 0.4) is 0 Å². The minimum atomic E-state index is 0.449. The number of methoxy groups -OCH3 is 2. The Labute approximate surface area is 229 Å². The molecular weight excluding hydrogens is 503 g/mol. The zero-order valence-corrected chi connectivity index (χ0v) is 23.7. The lowest BCUT2D eigenvalue weighted by atomic mass is 9.96. The largest absolute Gasteiger partial charge is 0.497 e. The van der Waals surface area contributed by atoms with Gasteiger partial charge in [-0.15, -0.1) is 0 Å². The van der Waals surface area contributed by atoms with Gasteiger partial charge in [0.15, 0.2) is 0 Å². The molecule has 37 heavy (non-hydrogen) atoms. The van der Waals surface area contributed by atoms with E-state index in [9.17, 15) is 0 Å². The Morgan fingerprint density at radius 1 is 0.541 bits per heavy atom. The van der Waals surface area contributed by atoms with Crippen molar-refractivity contribution in [1.82, 2.24) is 0 Å². The van der Waals surface area contributed by atoms with E-state index in [1.54, 1.807) is 14.2 Å². The molecule has 0 aliphatic carbocycles. The van der Waals surface area contributed by atoms with Crippen molar-refractivity contribution < 1.29 is 14.2 Å². The fourth-order valence-electron chi connectivity index (χ4n) is 4.63. The van der Waals surface area contributed by atoms with Crippen LogP contribution in [-0.4, -0.2) is 14.2 Å². The van der Waals surface area contributed by atoms with E-state index in [0.717, 1.165) is 77.2 Å². The summed E-state index contributed by atoms with van der Waals surface area (Å²) in [5.74, 6) is 1.60. The van der Waals surface area contributed by atoms with Gasteiger partial charge in [0.1, 0.15) is 11.5 Å². The van der Waals surface area contributed by atoms with Crippen LogP contribution < -0.4 is 9.47 Å². The van der Waals surface area contributed by atoms with Crippen molar-refractivity contribution in [2.45, 2.75) is 40.9 Å². The van der Waals surface area contributed by atoms with Gasteiger partial charge in [0.2, 0.25) is 0 Å². The number of aryl methyl sites for hydroxylation is 4. The fourth-order valence-corrected chi connectivity index (χ4v) is 4.85. The summed E-state index contributed by atoms with van der Waals surface area (Å²) in [6.45, 7) is 9.01. The Morgan fingerprint density at radius 3 is 1.22 bits per heavy atom. The minimum absolute atomic E-state index is 0.449. The third-order valence-corrected chi connectivity index (χ3v) is 7.84. The van der Waals surface area contributed by atoms with Gasteiger partial charge >= 0.3 is 0 Å². The van der Waals surface area contributed by atoms with E-state index in [1.165, 1.54) is 0 Å². The summed E-state index contributed by atoms with van der Waals surface area (Å²) < 4.78 is 17.3. The molecule has 0 saturated heterocycles. The first-order chi connectivity index (χ1) is 17.7. The molecule has 0 heterocycles. The third-order valence-electron chi connectivity index (χ3n) is 6.64. The maximum atomic E-state index is 6.44. The highest BCUT2D eigenvalue weighted by Gasteiger charge is 2.14. The molecule has 5 heteroatoms. The fraction of sp³-hybridized carbons (Fsp3) is 0.250. The van der Waals surface area contributed by atoms with Gasteiger partial charge in [-0.25, -0.2) is 0 Å². The molecule has 0 aromatic heterocycles. The van der Waals surface area contributed by atoms with Crippen molar-refractivity contribution >= 4 is 23.2 Å². The summed E-state index contributed by atoms with van der Waals surface area (Å²) in [4.78, 5) is 0. The van der Waals surface area contributed by atoms with E-state index in [0.29, 0.717) is 13.2 Å². The van der Waals surface area contributed by atoms with Crippen LogP contribution >= 0.6 is 23.2 Å². The Kier molecular flexibility index (Phi) is 8.49. The summed E-state index contributed by atoms with van der Waals surface area (Å²) in [5, 5.41) is 1.59. The van der Waals surface area contributed by atoms with E-state index in [1.807, 2.05) is 39.8 Å². The van der Waals surface area contributed by atoms with E-state index in [2.05, 4.69) is 48.5 Å². The number of benzene rings is 4. The normalized spacial score (nSPS) is 11.0. The molecule has 3 nitrogen and oxygen atoms in total. The molecule has 4 rings (SSSR count). The van der Waals surface area contributed by atoms with Crippen LogP contribution in [0.1, 0.15) is 33.4 Å². The molecule has 4 aromatic rings. The van der Waals surface area contributed by atoms with E-state index in [-0.39, 0.29) is 0 Å². The second-order valence-electron chi connectivity index (χ2n) is 9.39. The predicted molar refractivity (Wildman–Crippen MR) is 154 cm³/mol. The Hall–Kier alpha value is -2.98. The second-order valence-corrected chi connectivity index (χ2v) is 10.1. The summed E-state index contributed by atoms with van der Waals surface area (Å²) in [6, 6.07) is 20.6. The van der Waals surface area contributed by atoms with Crippen molar-refractivity contribution in [3.05, 3.63) is 104 Å². The lowest BCUT2D eigenvalue weighted by Crippen LogP contribution is -2.00. The maximum Gasteiger partial charge on any atom is 0.119 e. The molecule has 0 aliphatic rings. The van der Waals surface area contributed by atoms with Crippen molar-refractivity contribution in [2.75, 3.05) is 14.2 Å². The minimum Gasteiger partial charge on any atom is -0.497 e. The Morgan fingerprint density at radius 2 is 0.892 bits per heavy atom. The first-order valence-electron chi connectivity index (χ1n) is 12.2. The van der Waals surface area contributed by atoms with Gasteiger partial charge in [0, 0.05) is 10.0 Å². The monoisotopic (exact) mass is 534 g/mol. The highest BCUT2D eigenvalue weighted by atomic mass is 35.5. The second kappa shape index (κ2) is 11.6. The summed E-state index contributed by atoms with van der Waals surface area (Å²) in [5.41, 5.74) is 10.7. The van der Waals surface area contributed by atoms with E-state index >= 15 is 0 Å². The number of hydrogen-bond donors (Lipinski definition) is 0. The van der Waals surface area contributed by atoms with Gasteiger partial charge in [-0.3, -0.25) is 0 Å².